The molecule has 0 unspecified atom stereocenters. The van der Waals surface area contributed by atoms with Crippen LogP contribution < -0.4 is 0 Å². The van der Waals surface area contributed by atoms with Gasteiger partial charge in [-0.05, 0) is 31.4 Å². The van der Waals surface area contributed by atoms with Crippen molar-refractivity contribution in [2.24, 2.45) is 0 Å². The van der Waals surface area contributed by atoms with E-state index >= 15 is 0 Å². The first kappa shape index (κ1) is 8.09. The van der Waals surface area contributed by atoms with Crippen LogP contribution in [0, 0.1) is 0 Å². The number of rotatable bonds is 0. The van der Waals surface area contributed by atoms with Crippen molar-refractivity contribution in [1.82, 2.24) is 9.88 Å². The van der Waals surface area contributed by atoms with Crippen LogP contribution in [0.15, 0.2) is 12.3 Å². The topological polar surface area (TPSA) is 36.1 Å². The van der Waals surface area contributed by atoms with E-state index in [1.54, 1.807) is 0 Å². The molecule has 2 aliphatic rings. The molecule has 14 heavy (non-hydrogen) atoms. The van der Waals surface area contributed by atoms with Gasteiger partial charge >= 0.3 is 0 Å². The molecule has 0 aromatic carbocycles. The molecule has 1 aromatic rings. The number of carbonyl (C=O) groups is 1. The zero-order chi connectivity index (χ0) is 9.76. The van der Waals surface area contributed by atoms with Gasteiger partial charge in [-0.3, -0.25) is 4.79 Å². The lowest BCUT2D eigenvalue weighted by Gasteiger charge is -2.39. The molecule has 0 saturated carbocycles. The minimum absolute atomic E-state index is 0.0475. The van der Waals surface area contributed by atoms with Gasteiger partial charge in [0.2, 0.25) is 5.91 Å². The van der Waals surface area contributed by atoms with Gasteiger partial charge in [-0.15, -0.1) is 0 Å². The Morgan fingerprint density at radius 3 is 3.21 bits per heavy atom. The Morgan fingerprint density at radius 1 is 1.50 bits per heavy atom. The zero-order valence-corrected chi connectivity index (χ0v) is 8.34. The van der Waals surface area contributed by atoms with Gasteiger partial charge in [0, 0.05) is 24.9 Å². The Hall–Kier alpha value is -1.25. The number of fused-ring (bicyclic) bond motifs is 3. The maximum atomic E-state index is 11.7. The molecule has 1 aromatic heterocycles. The molecule has 3 nitrogen and oxygen atoms in total. The highest BCUT2D eigenvalue weighted by Crippen LogP contribution is 2.42. The van der Waals surface area contributed by atoms with Crippen LogP contribution in [0.1, 0.15) is 31.0 Å². The van der Waals surface area contributed by atoms with E-state index in [0.717, 1.165) is 19.4 Å². The molecule has 3 heteroatoms. The molecule has 0 aliphatic carbocycles. The van der Waals surface area contributed by atoms with Crippen LogP contribution in [0.5, 0.6) is 0 Å². The second-order valence-electron chi connectivity index (χ2n) is 4.45. The minimum Gasteiger partial charge on any atom is -0.363 e. The number of carbonyl (C=O) groups excluding carboxylic acids is 1. The zero-order valence-electron chi connectivity index (χ0n) is 8.34. The number of hydrogen-bond donors (Lipinski definition) is 1. The fourth-order valence-corrected chi connectivity index (χ4v) is 2.87. The SMILES string of the molecule is C[C@]12CCC(=O)N1CCc1cc[nH]c12. The molecule has 74 valence electrons. The number of nitrogens with one attached hydrogen (secondary N) is 1. The van der Waals surface area contributed by atoms with Gasteiger partial charge in [0.05, 0.1) is 5.54 Å². The Kier molecular flexibility index (Phi) is 1.39. The van der Waals surface area contributed by atoms with Crippen LogP contribution in [-0.4, -0.2) is 22.3 Å². The standard InChI is InChI=1S/C11H14N2O/c1-11-5-2-9(14)13(11)7-4-8-3-6-12-10(8)11/h3,6,12H,2,4-5,7H2,1H3/t11-/m1/s1. The van der Waals surface area contributed by atoms with Gasteiger partial charge in [-0.2, -0.15) is 0 Å². The van der Waals surface area contributed by atoms with Gasteiger partial charge < -0.3 is 9.88 Å². The fourth-order valence-electron chi connectivity index (χ4n) is 2.87. The number of aromatic nitrogens is 1. The number of H-pyrrole nitrogens is 1. The molecule has 0 bridgehead atoms. The van der Waals surface area contributed by atoms with E-state index in [4.69, 9.17) is 0 Å². The number of aromatic amines is 1. The maximum absolute atomic E-state index is 11.7. The quantitative estimate of drug-likeness (QED) is 0.659. The van der Waals surface area contributed by atoms with Crippen molar-refractivity contribution in [3.05, 3.63) is 23.5 Å². The van der Waals surface area contributed by atoms with Crippen LogP contribution in [-0.2, 0) is 16.8 Å². The molecule has 3 heterocycles. The summed E-state index contributed by atoms with van der Waals surface area (Å²) in [5.41, 5.74) is 2.60. The average molecular weight is 190 g/mol. The van der Waals surface area contributed by atoms with E-state index in [2.05, 4.69) is 18.0 Å². The third kappa shape index (κ3) is 0.800. The van der Waals surface area contributed by atoms with Crippen LogP contribution in [0.2, 0.25) is 0 Å². The van der Waals surface area contributed by atoms with Gasteiger partial charge in [0.1, 0.15) is 0 Å². The van der Waals surface area contributed by atoms with Gasteiger partial charge in [-0.1, -0.05) is 0 Å². The highest BCUT2D eigenvalue weighted by molar-refractivity contribution is 5.80. The molecule has 0 radical (unpaired) electrons. The van der Waals surface area contributed by atoms with E-state index in [1.165, 1.54) is 11.3 Å². The van der Waals surface area contributed by atoms with Gasteiger partial charge in [0.25, 0.3) is 0 Å². The third-order valence-corrected chi connectivity index (χ3v) is 3.70. The lowest BCUT2D eigenvalue weighted by Crippen LogP contribution is -2.46. The Balaban J connectivity index is 2.15. The summed E-state index contributed by atoms with van der Waals surface area (Å²) in [7, 11) is 0. The first-order valence-electron chi connectivity index (χ1n) is 5.19. The summed E-state index contributed by atoms with van der Waals surface area (Å²) < 4.78 is 0. The molecular formula is C11H14N2O. The van der Waals surface area contributed by atoms with Crippen LogP contribution >= 0.6 is 0 Å². The molecule has 1 amide bonds. The Labute approximate surface area is 83.1 Å². The number of nitrogens with zero attached hydrogens (tertiary/aromatic N) is 1. The molecule has 1 N–H and O–H groups in total. The number of hydrogen-bond acceptors (Lipinski definition) is 1. The smallest absolute Gasteiger partial charge is 0.223 e. The third-order valence-electron chi connectivity index (χ3n) is 3.70. The summed E-state index contributed by atoms with van der Waals surface area (Å²) in [5.74, 6) is 0.313. The van der Waals surface area contributed by atoms with Crippen LogP contribution in [0.25, 0.3) is 0 Å². The minimum atomic E-state index is -0.0475. The van der Waals surface area contributed by atoms with E-state index in [0.29, 0.717) is 12.3 Å². The highest BCUT2D eigenvalue weighted by atomic mass is 16.2. The van der Waals surface area contributed by atoms with Crippen molar-refractivity contribution in [3.8, 4) is 0 Å². The fraction of sp³-hybridized carbons (Fsp3) is 0.545. The lowest BCUT2D eigenvalue weighted by molar-refractivity contribution is -0.131. The summed E-state index contributed by atoms with van der Waals surface area (Å²) >= 11 is 0. The second kappa shape index (κ2) is 2.41. The van der Waals surface area contributed by atoms with Crippen molar-refractivity contribution in [2.75, 3.05) is 6.54 Å². The monoisotopic (exact) mass is 190 g/mol. The lowest BCUT2D eigenvalue weighted by atomic mass is 9.87. The van der Waals surface area contributed by atoms with Gasteiger partial charge in [0.15, 0.2) is 0 Å². The summed E-state index contributed by atoms with van der Waals surface area (Å²) in [4.78, 5) is 17.0. The molecule has 1 atom stereocenters. The van der Waals surface area contributed by atoms with E-state index in [-0.39, 0.29) is 5.54 Å². The van der Waals surface area contributed by atoms with Crippen molar-refractivity contribution in [3.63, 3.8) is 0 Å². The predicted octanol–water partition coefficient (Wildman–Crippen LogP) is 1.41. The Morgan fingerprint density at radius 2 is 2.36 bits per heavy atom. The molecular weight excluding hydrogens is 176 g/mol. The van der Waals surface area contributed by atoms with E-state index in [9.17, 15) is 4.79 Å². The van der Waals surface area contributed by atoms with Crippen molar-refractivity contribution in [2.45, 2.75) is 31.7 Å². The largest absolute Gasteiger partial charge is 0.363 e. The normalized spacial score (nSPS) is 30.4. The summed E-state index contributed by atoms with van der Waals surface area (Å²) in [6, 6.07) is 2.14. The van der Waals surface area contributed by atoms with Gasteiger partial charge in [-0.25, -0.2) is 0 Å². The Bertz CT molecular complexity index is 396. The van der Waals surface area contributed by atoms with Crippen molar-refractivity contribution < 1.29 is 4.79 Å². The molecule has 1 saturated heterocycles. The molecule has 1 fully saturated rings. The number of amides is 1. The highest BCUT2D eigenvalue weighted by Gasteiger charge is 2.46. The average Bonchev–Trinajstić information content (AvgIpc) is 2.72. The first-order chi connectivity index (χ1) is 6.72. The summed E-state index contributed by atoms with van der Waals surface area (Å²) in [6.07, 6.45) is 4.65. The molecule has 2 aliphatic heterocycles. The maximum Gasteiger partial charge on any atom is 0.223 e. The first-order valence-corrected chi connectivity index (χ1v) is 5.19. The second-order valence-corrected chi connectivity index (χ2v) is 4.45. The molecule has 0 spiro atoms. The van der Waals surface area contributed by atoms with Crippen molar-refractivity contribution >= 4 is 5.91 Å². The van der Waals surface area contributed by atoms with Crippen LogP contribution in [0.4, 0.5) is 0 Å². The predicted molar refractivity (Wildman–Crippen MR) is 52.8 cm³/mol. The van der Waals surface area contributed by atoms with Crippen molar-refractivity contribution in [1.29, 1.82) is 0 Å². The van der Waals surface area contributed by atoms with Crippen LogP contribution in [0.3, 0.4) is 0 Å². The summed E-state index contributed by atoms with van der Waals surface area (Å²) in [5, 5.41) is 0. The summed E-state index contributed by atoms with van der Waals surface area (Å²) in [6.45, 7) is 3.06. The van der Waals surface area contributed by atoms with E-state index in [1.807, 2.05) is 11.1 Å². The molecule has 3 rings (SSSR count). The van der Waals surface area contributed by atoms with E-state index < -0.39 is 0 Å².